The number of nitrogens with zero attached hydrogens (tertiary/aromatic N) is 3. The van der Waals surface area contributed by atoms with Crippen LogP contribution < -0.4 is 5.32 Å². The van der Waals surface area contributed by atoms with Crippen molar-refractivity contribution in [2.45, 2.75) is 44.8 Å². The summed E-state index contributed by atoms with van der Waals surface area (Å²) in [7, 11) is 1.72. The molecule has 0 saturated carbocycles. The molecule has 3 aromatic rings. The molecule has 0 aliphatic heterocycles. The number of fused-ring (bicyclic) bond motifs is 1. The Kier molecular flexibility index (Phi) is 7.84. The van der Waals surface area contributed by atoms with Crippen molar-refractivity contribution in [2.75, 3.05) is 25.5 Å². The maximum atomic E-state index is 13.1. The summed E-state index contributed by atoms with van der Waals surface area (Å²) in [5, 5.41) is 11.9. The smallest absolute Gasteiger partial charge is 0.396 e. The molecule has 3 rings (SSSR count). The summed E-state index contributed by atoms with van der Waals surface area (Å²) in [4.78, 5) is 29.8. The minimum atomic E-state index is -4.56. The fourth-order valence-electron chi connectivity index (χ4n) is 3.76. The van der Waals surface area contributed by atoms with Crippen molar-refractivity contribution in [2.24, 2.45) is 0 Å². The van der Waals surface area contributed by atoms with E-state index in [-0.39, 0.29) is 23.5 Å². The average molecular weight is 491 g/mol. The molecule has 0 spiro atoms. The molecule has 0 bridgehead atoms. The molecule has 2 aromatic carbocycles. The van der Waals surface area contributed by atoms with Crippen LogP contribution in [0.5, 0.6) is 0 Å². The largest absolute Gasteiger partial charge is 0.416 e. The number of halogens is 3. The zero-order valence-electron chi connectivity index (χ0n) is 19.9. The lowest BCUT2D eigenvalue weighted by Crippen LogP contribution is -2.26. The van der Waals surface area contributed by atoms with Crippen molar-refractivity contribution in [3.63, 3.8) is 0 Å². The summed E-state index contributed by atoms with van der Waals surface area (Å²) in [5.74, 6) is -0.527. The number of nitrogens with one attached hydrogen (secondary N) is 1. The number of aliphatic hydroxyl groups is 1. The van der Waals surface area contributed by atoms with Crippen LogP contribution in [0.25, 0.3) is 11.0 Å². The number of imidazole rings is 1. The first-order chi connectivity index (χ1) is 16.5. The number of aromatic nitrogens is 2. The lowest BCUT2D eigenvalue weighted by molar-refractivity contribution is -0.137. The lowest BCUT2D eigenvalue weighted by Gasteiger charge is -2.27. The molecule has 0 saturated heterocycles. The molecule has 0 aliphatic carbocycles. The highest BCUT2D eigenvalue weighted by Gasteiger charge is 2.31. The molecule has 2 N–H and O–H groups in total. The molecule has 188 valence electrons. The minimum absolute atomic E-state index is 0.0734. The minimum Gasteiger partial charge on any atom is -0.396 e. The third kappa shape index (κ3) is 6.19. The summed E-state index contributed by atoms with van der Waals surface area (Å²) < 4.78 is 40.9. The Bertz CT molecular complexity index is 1200. The van der Waals surface area contributed by atoms with E-state index in [0.29, 0.717) is 25.0 Å². The summed E-state index contributed by atoms with van der Waals surface area (Å²) in [5.41, 5.74) is 1.01. The van der Waals surface area contributed by atoms with Crippen LogP contribution in [0.15, 0.2) is 42.5 Å². The quantitative estimate of drug-likeness (QED) is 0.411. The number of aliphatic hydroxyl groups excluding tert-OH is 1. The van der Waals surface area contributed by atoms with Gasteiger partial charge in [-0.2, -0.15) is 13.2 Å². The molecule has 0 radical (unpaired) electrons. The second kappa shape index (κ2) is 10.5. The predicted octanol–water partition coefficient (Wildman–Crippen LogP) is 4.45. The van der Waals surface area contributed by atoms with Gasteiger partial charge in [0.2, 0.25) is 12.4 Å². The number of benzene rings is 2. The van der Waals surface area contributed by atoms with Crippen LogP contribution in [0, 0.1) is 0 Å². The van der Waals surface area contributed by atoms with Crippen molar-refractivity contribution in [1.29, 1.82) is 0 Å². The van der Waals surface area contributed by atoms with E-state index in [4.69, 9.17) is 0 Å². The van der Waals surface area contributed by atoms with Gasteiger partial charge in [-0.3, -0.25) is 14.9 Å². The fourth-order valence-corrected chi connectivity index (χ4v) is 3.76. The normalized spacial score (nSPS) is 12.1. The number of alkyl halides is 3. The molecule has 0 atom stereocenters. The summed E-state index contributed by atoms with van der Waals surface area (Å²) >= 11 is 0. The van der Waals surface area contributed by atoms with E-state index in [9.17, 15) is 27.9 Å². The van der Waals surface area contributed by atoms with Crippen molar-refractivity contribution in [3.8, 4) is 0 Å². The summed E-state index contributed by atoms with van der Waals surface area (Å²) in [6.45, 7) is 4.99. The van der Waals surface area contributed by atoms with Gasteiger partial charge in [-0.05, 0) is 54.2 Å². The van der Waals surface area contributed by atoms with Crippen molar-refractivity contribution >= 4 is 29.3 Å². The van der Waals surface area contributed by atoms with Gasteiger partial charge in [0.1, 0.15) is 0 Å². The molecular weight excluding hydrogens is 461 g/mol. The predicted molar refractivity (Wildman–Crippen MR) is 127 cm³/mol. The zero-order valence-corrected chi connectivity index (χ0v) is 19.9. The fraction of sp³-hybridized carbons (Fsp3) is 0.400. The summed E-state index contributed by atoms with van der Waals surface area (Å²) in [6, 6.07) is 9.94. The molecule has 2 amide bonds. The Morgan fingerprint density at radius 3 is 2.57 bits per heavy atom. The van der Waals surface area contributed by atoms with Crippen molar-refractivity contribution in [3.05, 3.63) is 59.2 Å². The van der Waals surface area contributed by atoms with Crippen LogP contribution in [-0.4, -0.2) is 52.1 Å². The SMILES string of the molecule is CN(C=O)CCC(C)(C)c1ccc2c(c1)nc(NC(=O)c1cccc(C(F)(F)F)c1)n2CCCO. The summed E-state index contributed by atoms with van der Waals surface area (Å²) in [6.07, 6.45) is -2.66. The number of carbonyl (C=O) groups excluding carboxylic acids is 2. The Morgan fingerprint density at radius 2 is 1.91 bits per heavy atom. The molecule has 7 nitrogen and oxygen atoms in total. The number of anilines is 1. The highest BCUT2D eigenvalue weighted by molar-refractivity contribution is 6.04. The lowest BCUT2D eigenvalue weighted by atomic mass is 9.81. The molecule has 0 fully saturated rings. The van der Waals surface area contributed by atoms with Gasteiger partial charge >= 0.3 is 6.18 Å². The molecule has 1 aromatic heterocycles. The van der Waals surface area contributed by atoms with Crippen LogP contribution in [0.2, 0.25) is 0 Å². The highest BCUT2D eigenvalue weighted by atomic mass is 19.4. The molecule has 10 heteroatoms. The number of rotatable bonds is 10. The van der Waals surface area contributed by atoms with Crippen molar-refractivity contribution < 1.29 is 27.9 Å². The Balaban J connectivity index is 1.94. The van der Waals surface area contributed by atoms with E-state index in [1.54, 1.807) is 16.5 Å². The molecule has 0 unspecified atom stereocenters. The van der Waals surface area contributed by atoms with E-state index >= 15 is 0 Å². The van der Waals surface area contributed by atoms with Gasteiger partial charge in [0, 0.05) is 32.3 Å². The molecule has 1 heterocycles. The van der Waals surface area contributed by atoms with Crippen LogP contribution >= 0.6 is 0 Å². The second-order valence-corrected chi connectivity index (χ2v) is 9.12. The first-order valence-electron chi connectivity index (χ1n) is 11.2. The third-order valence-corrected chi connectivity index (χ3v) is 6.02. The van der Waals surface area contributed by atoms with E-state index in [0.717, 1.165) is 36.0 Å². The van der Waals surface area contributed by atoms with Crippen LogP contribution in [0.4, 0.5) is 19.1 Å². The van der Waals surface area contributed by atoms with Gasteiger partial charge in [0.25, 0.3) is 5.91 Å². The first kappa shape index (κ1) is 26.2. The Morgan fingerprint density at radius 1 is 1.17 bits per heavy atom. The number of hydrogen-bond donors (Lipinski definition) is 2. The number of amides is 2. The van der Waals surface area contributed by atoms with E-state index in [2.05, 4.69) is 24.1 Å². The number of carbonyl (C=O) groups is 2. The average Bonchev–Trinajstić information content (AvgIpc) is 3.16. The maximum Gasteiger partial charge on any atom is 0.416 e. The molecule has 0 aliphatic rings. The third-order valence-electron chi connectivity index (χ3n) is 6.02. The first-order valence-corrected chi connectivity index (χ1v) is 11.2. The van der Waals surface area contributed by atoms with E-state index < -0.39 is 17.6 Å². The number of hydrogen-bond acceptors (Lipinski definition) is 4. The number of aryl methyl sites for hydroxylation is 1. The van der Waals surface area contributed by atoms with Gasteiger partial charge in [0.05, 0.1) is 16.6 Å². The van der Waals surface area contributed by atoms with Gasteiger partial charge in [-0.1, -0.05) is 26.0 Å². The van der Waals surface area contributed by atoms with E-state index in [1.807, 2.05) is 18.2 Å². The molecular formula is C25H29F3N4O3. The Hall–Kier alpha value is -3.40. The van der Waals surface area contributed by atoms with Gasteiger partial charge in [0.15, 0.2) is 0 Å². The van der Waals surface area contributed by atoms with Gasteiger partial charge in [-0.15, -0.1) is 0 Å². The van der Waals surface area contributed by atoms with Crippen molar-refractivity contribution in [1.82, 2.24) is 14.5 Å². The second-order valence-electron chi connectivity index (χ2n) is 9.12. The van der Waals surface area contributed by atoms with Crippen LogP contribution in [0.3, 0.4) is 0 Å². The maximum absolute atomic E-state index is 13.1. The highest BCUT2D eigenvalue weighted by Crippen LogP contribution is 2.32. The molecule has 35 heavy (non-hydrogen) atoms. The monoisotopic (exact) mass is 490 g/mol. The van der Waals surface area contributed by atoms with Gasteiger partial charge < -0.3 is 14.6 Å². The van der Waals surface area contributed by atoms with Crippen LogP contribution in [-0.2, 0) is 22.9 Å². The Labute approximate surface area is 201 Å². The topological polar surface area (TPSA) is 87.5 Å². The van der Waals surface area contributed by atoms with Crippen LogP contribution in [0.1, 0.15) is 48.2 Å². The zero-order chi connectivity index (χ0) is 25.8. The van der Waals surface area contributed by atoms with Gasteiger partial charge in [-0.25, -0.2) is 4.98 Å². The van der Waals surface area contributed by atoms with E-state index in [1.165, 1.54) is 12.1 Å². The standard InChI is InChI=1S/C25H29F3N4O3/c1-24(2,10-12-31(3)16-34)18-8-9-21-20(15-18)29-23(32(21)11-5-13-33)30-22(35)17-6-4-7-19(14-17)25(26,27)28/h4,6-9,14-16,33H,5,10-13H2,1-3H3,(H,29,30,35).